The number of rotatable bonds is 4. The number of piperidine rings is 1. The van der Waals surface area contributed by atoms with E-state index in [1.165, 1.54) is 0 Å². The molecule has 1 aromatic rings. The fourth-order valence-electron chi connectivity index (χ4n) is 3.16. The molecule has 0 atom stereocenters. The first kappa shape index (κ1) is 15.8. The standard InChI is InChI=1S/C17H22N2O4/c1-18-14-10-12(2-3-15(14)23-11-16(18)20)4-7-19-8-5-13(6-9-19)17(21)22/h2-3,10,13H,4-9,11H2,1H3,(H,21,22). The van der Waals surface area contributed by atoms with Crippen molar-refractivity contribution in [3.8, 4) is 5.75 Å². The van der Waals surface area contributed by atoms with Crippen molar-refractivity contribution in [1.82, 2.24) is 4.90 Å². The Kier molecular flexibility index (Phi) is 4.52. The maximum Gasteiger partial charge on any atom is 0.306 e. The number of ether oxygens (including phenoxy) is 1. The summed E-state index contributed by atoms with van der Waals surface area (Å²) in [4.78, 5) is 26.6. The highest BCUT2D eigenvalue weighted by atomic mass is 16.5. The van der Waals surface area contributed by atoms with Crippen LogP contribution in [0.25, 0.3) is 0 Å². The van der Waals surface area contributed by atoms with Crippen LogP contribution in [0.2, 0.25) is 0 Å². The van der Waals surface area contributed by atoms with Crippen LogP contribution in [-0.4, -0.2) is 55.2 Å². The van der Waals surface area contributed by atoms with Crippen LogP contribution in [0, 0.1) is 5.92 Å². The van der Waals surface area contributed by atoms with Gasteiger partial charge in [0.05, 0.1) is 11.6 Å². The molecule has 0 radical (unpaired) electrons. The quantitative estimate of drug-likeness (QED) is 0.908. The van der Waals surface area contributed by atoms with E-state index < -0.39 is 5.97 Å². The Morgan fingerprint density at radius 2 is 2.09 bits per heavy atom. The van der Waals surface area contributed by atoms with Crippen molar-refractivity contribution < 1.29 is 19.4 Å². The molecule has 0 unspecified atom stereocenters. The molecule has 0 bridgehead atoms. The maximum atomic E-state index is 11.7. The predicted octanol–water partition coefficient (Wildman–Crippen LogP) is 1.38. The van der Waals surface area contributed by atoms with Gasteiger partial charge in [-0.05, 0) is 50.0 Å². The fourth-order valence-corrected chi connectivity index (χ4v) is 3.16. The number of aliphatic carboxylic acids is 1. The number of carbonyl (C=O) groups is 2. The predicted molar refractivity (Wildman–Crippen MR) is 85.9 cm³/mol. The average Bonchev–Trinajstić information content (AvgIpc) is 2.57. The Morgan fingerprint density at radius 1 is 1.35 bits per heavy atom. The Balaban J connectivity index is 1.57. The normalized spacial score (nSPS) is 19.3. The van der Waals surface area contributed by atoms with E-state index in [0.29, 0.717) is 0 Å². The van der Waals surface area contributed by atoms with Crippen molar-refractivity contribution >= 4 is 17.6 Å². The highest BCUT2D eigenvalue weighted by molar-refractivity contribution is 5.97. The number of likely N-dealkylation sites (tertiary alicyclic amines) is 1. The SMILES string of the molecule is CN1C(=O)COc2ccc(CCN3CCC(C(=O)O)CC3)cc21. The average molecular weight is 318 g/mol. The second kappa shape index (κ2) is 6.58. The summed E-state index contributed by atoms with van der Waals surface area (Å²) in [7, 11) is 1.77. The van der Waals surface area contributed by atoms with E-state index in [4.69, 9.17) is 9.84 Å². The Hall–Kier alpha value is -2.08. The maximum absolute atomic E-state index is 11.7. The second-order valence-electron chi connectivity index (χ2n) is 6.25. The minimum atomic E-state index is -0.674. The van der Waals surface area contributed by atoms with Crippen LogP contribution in [-0.2, 0) is 16.0 Å². The summed E-state index contributed by atoms with van der Waals surface area (Å²) in [6, 6.07) is 5.97. The molecule has 0 spiro atoms. The van der Waals surface area contributed by atoms with Crippen LogP contribution in [0.3, 0.4) is 0 Å². The van der Waals surface area contributed by atoms with Crippen LogP contribution in [0.5, 0.6) is 5.75 Å². The van der Waals surface area contributed by atoms with Crippen molar-refractivity contribution in [2.75, 3.05) is 38.2 Å². The first-order chi connectivity index (χ1) is 11.0. The number of carboxylic acids is 1. The largest absolute Gasteiger partial charge is 0.482 e. The third kappa shape index (κ3) is 3.47. The molecule has 124 valence electrons. The Morgan fingerprint density at radius 3 is 2.78 bits per heavy atom. The van der Waals surface area contributed by atoms with Gasteiger partial charge in [-0.15, -0.1) is 0 Å². The van der Waals surface area contributed by atoms with Gasteiger partial charge in [-0.1, -0.05) is 6.07 Å². The molecular formula is C17H22N2O4. The minimum absolute atomic E-state index is 0.0367. The highest BCUT2D eigenvalue weighted by Crippen LogP contribution is 2.32. The van der Waals surface area contributed by atoms with Gasteiger partial charge in [0.15, 0.2) is 6.61 Å². The van der Waals surface area contributed by atoms with Gasteiger partial charge in [0.1, 0.15) is 5.75 Å². The van der Waals surface area contributed by atoms with E-state index >= 15 is 0 Å². The zero-order chi connectivity index (χ0) is 16.4. The lowest BCUT2D eigenvalue weighted by atomic mass is 9.97. The zero-order valence-electron chi connectivity index (χ0n) is 13.3. The lowest BCUT2D eigenvalue weighted by Gasteiger charge is -2.30. The Bertz CT molecular complexity index is 609. The van der Waals surface area contributed by atoms with E-state index in [9.17, 15) is 9.59 Å². The first-order valence-corrected chi connectivity index (χ1v) is 8.02. The van der Waals surface area contributed by atoms with E-state index in [-0.39, 0.29) is 18.4 Å². The molecule has 2 aliphatic rings. The summed E-state index contributed by atoms with van der Waals surface area (Å²) in [5.74, 6) is -0.151. The van der Waals surface area contributed by atoms with Crippen molar-refractivity contribution in [3.63, 3.8) is 0 Å². The number of fused-ring (bicyclic) bond motifs is 1. The van der Waals surface area contributed by atoms with Gasteiger partial charge in [-0.3, -0.25) is 9.59 Å². The monoisotopic (exact) mass is 318 g/mol. The molecular weight excluding hydrogens is 296 g/mol. The number of hydrogen-bond donors (Lipinski definition) is 1. The lowest BCUT2D eigenvalue weighted by Crippen LogP contribution is -2.37. The number of carbonyl (C=O) groups excluding carboxylic acids is 1. The molecule has 0 aliphatic carbocycles. The summed E-state index contributed by atoms with van der Waals surface area (Å²) in [6.45, 7) is 2.68. The number of carboxylic acid groups (broad SMARTS) is 1. The third-order valence-electron chi connectivity index (χ3n) is 4.76. The van der Waals surface area contributed by atoms with Gasteiger partial charge in [0.2, 0.25) is 0 Å². The van der Waals surface area contributed by atoms with Crippen LogP contribution >= 0.6 is 0 Å². The summed E-state index contributed by atoms with van der Waals surface area (Å²) in [5.41, 5.74) is 1.98. The first-order valence-electron chi connectivity index (χ1n) is 8.02. The summed E-state index contributed by atoms with van der Waals surface area (Å²) >= 11 is 0. The highest BCUT2D eigenvalue weighted by Gasteiger charge is 2.25. The van der Waals surface area contributed by atoms with Crippen LogP contribution in [0.1, 0.15) is 18.4 Å². The number of hydrogen-bond acceptors (Lipinski definition) is 4. The molecule has 1 aromatic carbocycles. The zero-order valence-corrected chi connectivity index (χ0v) is 13.3. The molecule has 1 amide bonds. The summed E-state index contributed by atoms with van der Waals surface area (Å²) in [6.07, 6.45) is 2.34. The van der Waals surface area contributed by atoms with Crippen LogP contribution in [0.15, 0.2) is 18.2 Å². The van der Waals surface area contributed by atoms with Gasteiger partial charge < -0.3 is 19.6 Å². The molecule has 23 heavy (non-hydrogen) atoms. The number of nitrogens with zero attached hydrogens (tertiary/aromatic N) is 2. The van der Waals surface area contributed by atoms with Gasteiger partial charge in [0, 0.05) is 13.6 Å². The molecule has 0 saturated carbocycles. The molecule has 3 rings (SSSR count). The molecule has 2 heterocycles. The van der Waals surface area contributed by atoms with E-state index in [0.717, 1.165) is 55.9 Å². The number of amides is 1. The molecule has 1 saturated heterocycles. The van der Waals surface area contributed by atoms with E-state index in [2.05, 4.69) is 4.90 Å². The molecule has 6 nitrogen and oxygen atoms in total. The number of benzene rings is 1. The lowest BCUT2D eigenvalue weighted by molar-refractivity contribution is -0.143. The van der Waals surface area contributed by atoms with Crippen molar-refractivity contribution in [1.29, 1.82) is 0 Å². The summed E-state index contributed by atoms with van der Waals surface area (Å²) in [5, 5.41) is 9.03. The smallest absolute Gasteiger partial charge is 0.306 e. The topological polar surface area (TPSA) is 70.1 Å². The third-order valence-corrected chi connectivity index (χ3v) is 4.76. The molecule has 1 N–H and O–H groups in total. The molecule has 6 heteroatoms. The molecule has 0 aromatic heterocycles. The van der Waals surface area contributed by atoms with E-state index in [1.807, 2.05) is 18.2 Å². The molecule has 1 fully saturated rings. The van der Waals surface area contributed by atoms with Crippen LogP contribution < -0.4 is 9.64 Å². The van der Waals surface area contributed by atoms with Crippen LogP contribution in [0.4, 0.5) is 5.69 Å². The number of likely N-dealkylation sites (N-methyl/N-ethyl adjacent to an activating group) is 1. The summed E-state index contributed by atoms with van der Waals surface area (Å²) < 4.78 is 5.43. The minimum Gasteiger partial charge on any atom is -0.482 e. The van der Waals surface area contributed by atoms with Gasteiger partial charge in [-0.2, -0.15) is 0 Å². The van der Waals surface area contributed by atoms with Crippen molar-refractivity contribution in [2.45, 2.75) is 19.3 Å². The Labute approximate surface area is 135 Å². The second-order valence-corrected chi connectivity index (χ2v) is 6.25. The van der Waals surface area contributed by atoms with Gasteiger partial charge in [0.25, 0.3) is 5.91 Å². The van der Waals surface area contributed by atoms with E-state index in [1.54, 1.807) is 11.9 Å². The number of anilines is 1. The van der Waals surface area contributed by atoms with Gasteiger partial charge in [-0.25, -0.2) is 0 Å². The van der Waals surface area contributed by atoms with Crippen molar-refractivity contribution in [3.05, 3.63) is 23.8 Å². The fraction of sp³-hybridized carbons (Fsp3) is 0.529. The molecule has 2 aliphatic heterocycles. The van der Waals surface area contributed by atoms with Gasteiger partial charge >= 0.3 is 5.97 Å². The van der Waals surface area contributed by atoms with Crippen molar-refractivity contribution in [2.24, 2.45) is 5.92 Å².